The molecule has 3 heterocycles. The Labute approximate surface area is 259 Å². The lowest BCUT2D eigenvalue weighted by molar-refractivity contribution is -0.349. The molecule has 0 aliphatic carbocycles. The summed E-state index contributed by atoms with van der Waals surface area (Å²) >= 11 is 0. The lowest BCUT2D eigenvalue weighted by Gasteiger charge is -2.45. The maximum Gasteiger partial charge on any atom is 0.238 e. The highest BCUT2D eigenvalue weighted by Crippen LogP contribution is 2.43. The molecule has 0 amide bonds. The van der Waals surface area contributed by atoms with Gasteiger partial charge in [-0.3, -0.25) is 4.79 Å². The second-order valence-corrected chi connectivity index (χ2v) is 10.8. The SMILES string of the molecule is COc1cc(-c2oc3cc(O[C@@H]4O[C@H](CO)[C@@H](O)[C@H](O[C@@H]5O[C@@H](C)[C@@H](O)[C@@H](O)[C@@H]5O)[C@H]4O)cc(O)c3c(=O)c2O)cc(OC)c1O. The molecule has 0 bridgehead atoms. The maximum atomic E-state index is 13.1. The minimum Gasteiger partial charge on any atom is -0.507 e. The van der Waals surface area contributed by atoms with Crippen molar-refractivity contribution in [3.8, 4) is 45.8 Å². The van der Waals surface area contributed by atoms with E-state index in [1.54, 1.807) is 0 Å². The topological polar surface area (TPSA) is 268 Å². The number of aliphatic hydroxyl groups excluding tert-OH is 6. The summed E-state index contributed by atoms with van der Waals surface area (Å²) in [5.74, 6) is -2.69. The minimum absolute atomic E-state index is 0.0543. The molecule has 2 aliphatic rings. The van der Waals surface area contributed by atoms with E-state index < -0.39 is 90.3 Å². The Morgan fingerprint density at radius 1 is 0.783 bits per heavy atom. The number of ether oxygens (including phenoxy) is 6. The molecular weight excluding hydrogens is 620 g/mol. The molecule has 1 aromatic heterocycles. The Hall–Kier alpha value is -3.91. The molecule has 252 valence electrons. The van der Waals surface area contributed by atoms with Crippen LogP contribution in [0.5, 0.6) is 34.5 Å². The predicted octanol–water partition coefficient (Wildman–Crippen LogP) is -1.38. The Balaban J connectivity index is 1.48. The smallest absolute Gasteiger partial charge is 0.238 e. The van der Waals surface area contributed by atoms with E-state index in [1.807, 2.05) is 0 Å². The highest BCUT2D eigenvalue weighted by atomic mass is 16.7. The maximum absolute atomic E-state index is 13.1. The predicted molar refractivity (Wildman–Crippen MR) is 152 cm³/mol. The molecule has 0 spiro atoms. The summed E-state index contributed by atoms with van der Waals surface area (Å²) in [4.78, 5) is 13.1. The number of hydrogen-bond acceptors (Lipinski definition) is 17. The highest BCUT2D eigenvalue weighted by molar-refractivity contribution is 5.88. The number of rotatable bonds is 8. The van der Waals surface area contributed by atoms with Crippen LogP contribution in [-0.4, -0.2) is 128 Å². The average Bonchev–Trinajstić information content (AvgIpc) is 3.03. The van der Waals surface area contributed by atoms with Crippen molar-refractivity contribution in [1.29, 1.82) is 0 Å². The van der Waals surface area contributed by atoms with Gasteiger partial charge >= 0.3 is 0 Å². The van der Waals surface area contributed by atoms with Crippen LogP contribution in [0.3, 0.4) is 0 Å². The number of aromatic hydroxyl groups is 3. The molecule has 5 rings (SSSR count). The second-order valence-electron chi connectivity index (χ2n) is 10.8. The van der Waals surface area contributed by atoms with Gasteiger partial charge in [0.05, 0.1) is 26.9 Å². The molecule has 9 N–H and O–H groups in total. The summed E-state index contributed by atoms with van der Waals surface area (Å²) < 4.78 is 38.3. The normalized spacial score (nSPS) is 31.5. The fourth-order valence-corrected chi connectivity index (χ4v) is 5.28. The Kier molecular flexibility index (Phi) is 9.50. The van der Waals surface area contributed by atoms with Crippen LogP contribution in [0, 0.1) is 0 Å². The molecule has 46 heavy (non-hydrogen) atoms. The lowest BCUT2D eigenvalue weighted by Crippen LogP contribution is -2.64. The fraction of sp³-hybridized carbons (Fsp3) is 0.483. The molecule has 3 aromatic rings. The molecule has 0 radical (unpaired) electrons. The third kappa shape index (κ3) is 5.88. The molecule has 2 fully saturated rings. The third-order valence-electron chi connectivity index (χ3n) is 7.84. The van der Waals surface area contributed by atoms with E-state index in [-0.39, 0.29) is 39.9 Å². The van der Waals surface area contributed by atoms with Crippen LogP contribution < -0.4 is 19.6 Å². The molecule has 0 saturated carbocycles. The largest absolute Gasteiger partial charge is 0.507 e. The van der Waals surface area contributed by atoms with E-state index in [2.05, 4.69) is 0 Å². The number of phenols is 2. The van der Waals surface area contributed by atoms with Crippen LogP contribution in [-0.2, 0) is 14.2 Å². The fourth-order valence-electron chi connectivity index (χ4n) is 5.28. The van der Waals surface area contributed by atoms with Crippen molar-refractivity contribution in [3.05, 3.63) is 34.5 Å². The van der Waals surface area contributed by atoms with E-state index >= 15 is 0 Å². The van der Waals surface area contributed by atoms with Gasteiger partial charge in [-0.25, -0.2) is 0 Å². The first-order valence-electron chi connectivity index (χ1n) is 13.9. The summed E-state index contributed by atoms with van der Waals surface area (Å²) in [5, 5.41) is 93.3. The molecule has 2 saturated heterocycles. The van der Waals surface area contributed by atoms with Crippen molar-refractivity contribution in [2.45, 2.75) is 68.3 Å². The first-order valence-corrected chi connectivity index (χ1v) is 13.9. The van der Waals surface area contributed by atoms with Crippen LogP contribution in [0.2, 0.25) is 0 Å². The Bertz CT molecular complexity index is 1600. The monoisotopic (exact) mass is 654 g/mol. The van der Waals surface area contributed by atoms with Gasteiger partial charge in [0.1, 0.15) is 65.2 Å². The van der Waals surface area contributed by atoms with Gasteiger partial charge in [-0.1, -0.05) is 0 Å². The summed E-state index contributed by atoms with van der Waals surface area (Å²) in [7, 11) is 2.54. The summed E-state index contributed by atoms with van der Waals surface area (Å²) in [6.07, 6.45) is -15.8. The standard InChI is InChI=1S/C29H34O17/c1-9-18(32)22(36)24(38)28(42-9)46-27-20(34)16(8-30)45-29(25(27)39)43-11-6-12(31)17-13(7-11)44-26(23(37)21(17)35)10-4-14(40-2)19(33)15(5-10)41-3/h4-7,9,16,18,20,22,24-25,27-34,36-39H,8H2,1-3H3/t9-,16+,18+,20+,22+,24-,25+,27-,28-,29+/m0/s1. The van der Waals surface area contributed by atoms with Crippen LogP contribution in [0.15, 0.2) is 33.5 Å². The van der Waals surface area contributed by atoms with Crippen LogP contribution in [0.4, 0.5) is 0 Å². The zero-order valence-corrected chi connectivity index (χ0v) is 24.6. The van der Waals surface area contributed by atoms with Crippen molar-refractivity contribution >= 4 is 11.0 Å². The number of hydrogen-bond donors (Lipinski definition) is 9. The van der Waals surface area contributed by atoms with E-state index in [9.17, 15) is 50.8 Å². The molecular formula is C29H34O17. The first kappa shape index (κ1) is 33.5. The van der Waals surface area contributed by atoms with Gasteiger partial charge in [0.15, 0.2) is 23.5 Å². The van der Waals surface area contributed by atoms with Gasteiger partial charge in [0, 0.05) is 17.7 Å². The van der Waals surface area contributed by atoms with Gasteiger partial charge in [0.25, 0.3) is 0 Å². The highest BCUT2D eigenvalue weighted by Gasteiger charge is 2.50. The number of phenolic OH excluding ortho intramolecular Hbond substituents is 2. The van der Waals surface area contributed by atoms with Crippen molar-refractivity contribution in [2.24, 2.45) is 0 Å². The zero-order valence-electron chi connectivity index (χ0n) is 24.6. The quantitative estimate of drug-likeness (QED) is 0.135. The van der Waals surface area contributed by atoms with E-state index in [0.29, 0.717) is 0 Å². The number of methoxy groups -OCH3 is 2. The van der Waals surface area contributed by atoms with Crippen LogP contribution in [0.1, 0.15) is 6.92 Å². The van der Waals surface area contributed by atoms with E-state index in [1.165, 1.54) is 33.3 Å². The van der Waals surface area contributed by atoms with Crippen molar-refractivity contribution in [2.75, 3.05) is 20.8 Å². The van der Waals surface area contributed by atoms with E-state index in [0.717, 1.165) is 12.1 Å². The Morgan fingerprint density at radius 2 is 1.43 bits per heavy atom. The van der Waals surface area contributed by atoms with Crippen molar-refractivity contribution in [3.63, 3.8) is 0 Å². The Morgan fingerprint density at radius 3 is 2.04 bits per heavy atom. The lowest BCUT2D eigenvalue weighted by atomic mass is 9.97. The molecule has 17 nitrogen and oxygen atoms in total. The number of fused-ring (bicyclic) bond motifs is 1. The molecule has 2 aromatic carbocycles. The van der Waals surface area contributed by atoms with E-state index in [4.69, 9.17) is 32.8 Å². The van der Waals surface area contributed by atoms with Gasteiger partial charge in [0.2, 0.25) is 23.2 Å². The minimum atomic E-state index is -1.84. The summed E-state index contributed by atoms with van der Waals surface area (Å²) in [6.45, 7) is 0.624. The average molecular weight is 655 g/mol. The molecule has 17 heteroatoms. The molecule has 10 atom stereocenters. The molecule has 0 unspecified atom stereocenters. The van der Waals surface area contributed by atoms with Crippen molar-refractivity contribution in [1.82, 2.24) is 0 Å². The number of benzene rings is 2. The number of aliphatic hydroxyl groups is 6. The van der Waals surface area contributed by atoms with Gasteiger partial charge < -0.3 is 78.8 Å². The van der Waals surface area contributed by atoms with Gasteiger partial charge in [-0.15, -0.1) is 0 Å². The van der Waals surface area contributed by atoms with Gasteiger partial charge in [-0.05, 0) is 19.1 Å². The van der Waals surface area contributed by atoms with Crippen LogP contribution >= 0.6 is 0 Å². The summed E-state index contributed by atoms with van der Waals surface area (Å²) in [5.41, 5.74) is -1.26. The second kappa shape index (κ2) is 13.1. The van der Waals surface area contributed by atoms with Gasteiger partial charge in [-0.2, -0.15) is 0 Å². The first-order chi connectivity index (χ1) is 21.8. The van der Waals surface area contributed by atoms with Crippen molar-refractivity contribution < 1.29 is 78.8 Å². The molecule has 2 aliphatic heterocycles. The summed E-state index contributed by atoms with van der Waals surface area (Å²) in [6, 6.07) is 4.62. The zero-order chi connectivity index (χ0) is 33.6. The third-order valence-corrected chi connectivity index (χ3v) is 7.84. The van der Waals surface area contributed by atoms with Crippen LogP contribution in [0.25, 0.3) is 22.3 Å².